The summed E-state index contributed by atoms with van der Waals surface area (Å²) >= 11 is 0. The van der Waals surface area contributed by atoms with Crippen molar-refractivity contribution in [3.63, 3.8) is 0 Å². The van der Waals surface area contributed by atoms with Crippen molar-refractivity contribution in [1.29, 1.82) is 0 Å². The molecule has 0 bridgehead atoms. The normalized spacial score (nSPS) is 15.5. The molecule has 39 heavy (non-hydrogen) atoms. The second-order valence-corrected chi connectivity index (χ2v) is 11.0. The summed E-state index contributed by atoms with van der Waals surface area (Å²) in [5.74, 6) is 1.13. The number of carbonyl (C=O) groups is 1. The number of likely N-dealkylation sites (N-methyl/N-ethyl adjacent to an activating group) is 1. The van der Waals surface area contributed by atoms with Crippen molar-refractivity contribution in [3.8, 4) is 23.0 Å². The van der Waals surface area contributed by atoms with Crippen LogP contribution < -0.4 is 14.2 Å². The minimum Gasteiger partial charge on any atom is -0.497 e. The number of nitrogens with zero attached hydrogens (tertiary/aromatic N) is 2. The fraction of sp³-hybridized carbons (Fsp3) is 0.345. The molecule has 10 heteroatoms. The second-order valence-electron chi connectivity index (χ2n) is 9.09. The highest BCUT2D eigenvalue weighted by Crippen LogP contribution is 2.36. The molecule has 9 nitrogen and oxygen atoms in total. The Morgan fingerprint density at radius 3 is 2.13 bits per heavy atom. The van der Waals surface area contributed by atoms with E-state index in [1.165, 1.54) is 12.1 Å². The van der Waals surface area contributed by atoms with Crippen molar-refractivity contribution in [2.45, 2.75) is 31.2 Å². The lowest BCUT2D eigenvalue weighted by molar-refractivity contribution is -0.142. The molecule has 0 radical (unpaired) electrons. The van der Waals surface area contributed by atoms with Crippen LogP contribution in [0.2, 0.25) is 0 Å². The summed E-state index contributed by atoms with van der Waals surface area (Å²) in [6.07, 6.45) is 0.379. The summed E-state index contributed by atoms with van der Waals surface area (Å²) in [4.78, 5) is 14.6. The predicted molar refractivity (Wildman–Crippen MR) is 147 cm³/mol. The molecule has 0 saturated heterocycles. The van der Waals surface area contributed by atoms with Gasteiger partial charge in [-0.3, -0.25) is 4.79 Å². The summed E-state index contributed by atoms with van der Waals surface area (Å²) < 4.78 is 45.0. The standard InChI is InChI=1S/C29H34N2O7S/c1-4-30(5-2)18-19-37-25-12-15-27-21(20-25)16-17-31(28(27)29(32)33)39(34,35)26-13-10-24(11-14-26)38-23-8-6-22(36-3)7-9-23/h6-15,20,28H,4-5,16-19H2,1-3H3,(H,32,33). The Hall–Kier alpha value is -3.60. The van der Waals surface area contributed by atoms with Crippen LogP contribution in [0.5, 0.6) is 23.0 Å². The van der Waals surface area contributed by atoms with E-state index in [1.54, 1.807) is 55.6 Å². The minimum atomic E-state index is -4.09. The maximum absolute atomic E-state index is 13.6. The van der Waals surface area contributed by atoms with Crippen molar-refractivity contribution in [2.75, 3.05) is 39.9 Å². The van der Waals surface area contributed by atoms with E-state index in [2.05, 4.69) is 18.7 Å². The Kier molecular flexibility index (Phi) is 9.11. The van der Waals surface area contributed by atoms with Gasteiger partial charge in [-0.1, -0.05) is 19.9 Å². The van der Waals surface area contributed by atoms with Gasteiger partial charge in [0.2, 0.25) is 10.0 Å². The number of carboxylic acid groups (broad SMARTS) is 1. The van der Waals surface area contributed by atoms with E-state index >= 15 is 0 Å². The molecule has 1 unspecified atom stereocenters. The topological polar surface area (TPSA) is 106 Å². The highest BCUT2D eigenvalue weighted by molar-refractivity contribution is 7.89. The number of aliphatic carboxylic acids is 1. The van der Waals surface area contributed by atoms with Crippen LogP contribution in [0.3, 0.4) is 0 Å². The van der Waals surface area contributed by atoms with E-state index in [9.17, 15) is 18.3 Å². The number of fused-ring (bicyclic) bond motifs is 1. The molecule has 0 spiro atoms. The monoisotopic (exact) mass is 554 g/mol. The molecule has 4 rings (SSSR count). The van der Waals surface area contributed by atoms with Crippen LogP contribution in [0.4, 0.5) is 0 Å². The van der Waals surface area contributed by atoms with Crippen LogP contribution in [-0.4, -0.2) is 68.6 Å². The van der Waals surface area contributed by atoms with Gasteiger partial charge >= 0.3 is 5.97 Å². The summed E-state index contributed by atoms with van der Waals surface area (Å²) in [6, 6.07) is 16.8. The predicted octanol–water partition coefficient (Wildman–Crippen LogP) is 4.58. The lowest BCUT2D eigenvalue weighted by atomic mass is 9.94. The van der Waals surface area contributed by atoms with E-state index < -0.39 is 22.0 Å². The Labute approximate surface area is 229 Å². The first-order valence-electron chi connectivity index (χ1n) is 12.9. The molecule has 0 fully saturated rings. The van der Waals surface area contributed by atoms with Crippen LogP contribution in [0, 0.1) is 0 Å². The van der Waals surface area contributed by atoms with Crippen LogP contribution in [0.15, 0.2) is 71.6 Å². The molecule has 1 atom stereocenters. The minimum absolute atomic E-state index is 0.00404. The quantitative estimate of drug-likeness (QED) is 0.347. The largest absolute Gasteiger partial charge is 0.497 e. The van der Waals surface area contributed by atoms with E-state index in [-0.39, 0.29) is 11.4 Å². The van der Waals surface area contributed by atoms with Gasteiger partial charge in [-0.25, -0.2) is 8.42 Å². The molecule has 1 aliphatic heterocycles. The Bertz CT molecular complexity index is 1370. The van der Waals surface area contributed by atoms with E-state index in [0.717, 1.165) is 29.5 Å². The fourth-order valence-corrected chi connectivity index (χ4v) is 6.18. The molecule has 0 aromatic heterocycles. The fourth-order valence-electron chi connectivity index (χ4n) is 4.61. The SMILES string of the molecule is CCN(CC)CCOc1ccc2c(c1)CCN(S(=O)(=O)c1ccc(Oc3ccc(OC)cc3)cc1)C2C(=O)O. The number of hydrogen-bond donors (Lipinski definition) is 1. The number of rotatable bonds is 12. The summed E-state index contributed by atoms with van der Waals surface area (Å²) in [5.41, 5.74) is 1.23. The molecule has 0 saturated carbocycles. The third kappa shape index (κ3) is 6.52. The van der Waals surface area contributed by atoms with Gasteiger partial charge < -0.3 is 24.2 Å². The number of benzene rings is 3. The average Bonchev–Trinajstić information content (AvgIpc) is 2.95. The van der Waals surface area contributed by atoms with Gasteiger partial charge in [0, 0.05) is 13.1 Å². The molecule has 3 aromatic carbocycles. The average molecular weight is 555 g/mol. The first-order chi connectivity index (χ1) is 18.8. The van der Waals surface area contributed by atoms with Crippen LogP contribution in [-0.2, 0) is 21.2 Å². The van der Waals surface area contributed by atoms with Crippen LogP contribution in [0.1, 0.15) is 31.0 Å². The first-order valence-corrected chi connectivity index (χ1v) is 14.4. The van der Waals surface area contributed by atoms with Crippen LogP contribution in [0.25, 0.3) is 0 Å². The number of ether oxygens (including phenoxy) is 3. The van der Waals surface area contributed by atoms with E-state index in [4.69, 9.17) is 14.2 Å². The number of carboxylic acids is 1. The van der Waals surface area contributed by atoms with E-state index in [0.29, 0.717) is 41.6 Å². The molecule has 208 valence electrons. The third-order valence-corrected chi connectivity index (χ3v) is 8.71. The van der Waals surface area contributed by atoms with Gasteiger partial charge in [0.15, 0.2) is 0 Å². The first kappa shape index (κ1) is 28.4. The number of sulfonamides is 1. The molecule has 1 heterocycles. The summed E-state index contributed by atoms with van der Waals surface area (Å²) in [5, 5.41) is 10.1. The third-order valence-electron chi connectivity index (χ3n) is 6.83. The van der Waals surface area contributed by atoms with Crippen molar-refractivity contribution < 1.29 is 32.5 Å². The highest BCUT2D eigenvalue weighted by atomic mass is 32.2. The smallest absolute Gasteiger partial charge is 0.326 e. The number of methoxy groups -OCH3 is 1. The van der Waals surface area contributed by atoms with Gasteiger partial charge in [-0.15, -0.1) is 0 Å². The number of hydrogen-bond acceptors (Lipinski definition) is 7. The van der Waals surface area contributed by atoms with Crippen molar-refractivity contribution in [3.05, 3.63) is 77.9 Å². The zero-order valence-electron chi connectivity index (χ0n) is 22.4. The van der Waals surface area contributed by atoms with Gasteiger partial charge in [0.1, 0.15) is 35.6 Å². The summed E-state index contributed by atoms with van der Waals surface area (Å²) in [7, 11) is -2.52. The Balaban J connectivity index is 1.50. The van der Waals surface area contributed by atoms with Gasteiger partial charge in [-0.05, 0) is 91.3 Å². The van der Waals surface area contributed by atoms with Crippen molar-refractivity contribution >= 4 is 16.0 Å². The van der Waals surface area contributed by atoms with Gasteiger partial charge in [0.05, 0.1) is 12.0 Å². The zero-order valence-corrected chi connectivity index (χ0v) is 23.2. The maximum Gasteiger partial charge on any atom is 0.326 e. The molecule has 0 aliphatic carbocycles. The van der Waals surface area contributed by atoms with Gasteiger partial charge in [-0.2, -0.15) is 4.31 Å². The zero-order chi connectivity index (χ0) is 28.0. The van der Waals surface area contributed by atoms with E-state index in [1.807, 2.05) is 6.07 Å². The second kappa shape index (κ2) is 12.5. The Morgan fingerprint density at radius 2 is 1.54 bits per heavy atom. The summed E-state index contributed by atoms with van der Waals surface area (Å²) in [6.45, 7) is 7.41. The van der Waals surface area contributed by atoms with Gasteiger partial charge in [0.25, 0.3) is 0 Å². The molecule has 1 aliphatic rings. The molecule has 1 N–H and O–H groups in total. The highest BCUT2D eigenvalue weighted by Gasteiger charge is 2.40. The van der Waals surface area contributed by atoms with Crippen molar-refractivity contribution in [2.24, 2.45) is 0 Å². The lowest BCUT2D eigenvalue weighted by Crippen LogP contribution is -2.43. The Morgan fingerprint density at radius 1 is 0.949 bits per heavy atom. The molecule has 3 aromatic rings. The van der Waals surface area contributed by atoms with Crippen molar-refractivity contribution in [1.82, 2.24) is 9.21 Å². The molecular weight excluding hydrogens is 520 g/mol. The lowest BCUT2D eigenvalue weighted by Gasteiger charge is -2.34. The van der Waals surface area contributed by atoms with Crippen LogP contribution >= 0.6 is 0 Å². The molecule has 0 amide bonds. The maximum atomic E-state index is 13.6. The molecular formula is C29H34N2O7S.